The van der Waals surface area contributed by atoms with Crippen molar-refractivity contribution in [1.29, 1.82) is 0 Å². The second-order valence-electron chi connectivity index (χ2n) is 2.46. The van der Waals surface area contributed by atoms with Gasteiger partial charge in [0.15, 0.2) is 0 Å². The molecule has 0 aliphatic heterocycles. The maximum absolute atomic E-state index is 9.43. The van der Waals surface area contributed by atoms with Crippen LogP contribution in [0.15, 0.2) is 18.2 Å². The molecule has 1 aromatic rings. The van der Waals surface area contributed by atoms with Crippen molar-refractivity contribution in [2.24, 2.45) is 5.90 Å². The summed E-state index contributed by atoms with van der Waals surface area (Å²) in [6.45, 7) is 1.73. The van der Waals surface area contributed by atoms with E-state index in [1.807, 2.05) is 0 Å². The van der Waals surface area contributed by atoms with Crippen LogP contribution in [0.3, 0.4) is 0 Å². The molecular formula is C8H10ClNO2. The van der Waals surface area contributed by atoms with Crippen LogP contribution in [0.1, 0.15) is 18.6 Å². The van der Waals surface area contributed by atoms with Crippen LogP contribution in [0.4, 0.5) is 0 Å². The molecule has 1 unspecified atom stereocenters. The topological polar surface area (TPSA) is 55.5 Å². The number of nitrogens with two attached hydrogens (primary N) is 1. The van der Waals surface area contributed by atoms with Gasteiger partial charge in [-0.05, 0) is 13.0 Å². The molecule has 0 fully saturated rings. The van der Waals surface area contributed by atoms with Gasteiger partial charge in [-0.3, -0.25) is 4.84 Å². The number of para-hydroxylation sites is 1. The number of hydrogen-bond acceptors (Lipinski definition) is 3. The maximum Gasteiger partial charge on any atom is 0.140 e. The Bertz CT molecular complexity index is 278. The van der Waals surface area contributed by atoms with Crippen molar-refractivity contribution < 1.29 is 9.94 Å². The Balaban J connectivity index is 3.07. The maximum atomic E-state index is 9.43. The Morgan fingerprint density at radius 2 is 2.25 bits per heavy atom. The van der Waals surface area contributed by atoms with Crippen LogP contribution < -0.4 is 5.90 Å². The predicted octanol–water partition coefficient (Wildman–Crippen LogP) is 2.00. The first-order chi connectivity index (χ1) is 5.66. The highest BCUT2D eigenvalue weighted by atomic mass is 35.5. The SMILES string of the molecule is CC(ON)c1cccc(Cl)c1O. The first-order valence-corrected chi connectivity index (χ1v) is 3.87. The predicted molar refractivity (Wildman–Crippen MR) is 46.8 cm³/mol. The summed E-state index contributed by atoms with van der Waals surface area (Å²) in [4.78, 5) is 4.55. The van der Waals surface area contributed by atoms with Gasteiger partial charge >= 0.3 is 0 Å². The summed E-state index contributed by atoms with van der Waals surface area (Å²) in [6, 6.07) is 5.04. The minimum atomic E-state index is -0.358. The Kier molecular flexibility index (Phi) is 2.92. The average Bonchev–Trinajstić information content (AvgIpc) is 2.08. The number of aromatic hydroxyl groups is 1. The van der Waals surface area contributed by atoms with Crippen LogP contribution in [0.25, 0.3) is 0 Å². The van der Waals surface area contributed by atoms with Crippen molar-refractivity contribution in [3.8, 4) is 5.75 Å². The van der Waals surface area contributed by atoms with E-state index in [1.54, 1.807) is 25.1 Å². The summed E-state index contributed by atoms with van der Waals surface area (Å²) < 4.78 is 0. The number of halogens is 1. The van der Waals surface area contributed by atoms with Crippen molar-refractivity contribution in [3.63, 3.8) is 0 Å². The van der Waals surface area contributed by atoms with Gasteiger partial charge in [-0.2, -0.15) is 0 Å². The molecule has 0 heterocycles. The lowest BCUT2D eigenvalue weighted by Crippen LogP contribution is -2.05. The van der Waals surface area contributed by atoms with Crippen molar-refractivity contribution in [1.82, 2.24) is 0 Å². The second-order valence-corrected chi connectivity index (χ2v) is 2.86. The Morgan fingerprint density at radius 3 is 2.83 bits per heavy atom. The normalized spacial score (nSPS) is 12.9. The molecule has 0 radical (unpaired) electrons. The first-order valence-electron chi connectivity index (χ1n) is 3.49. The lowest BCUT2D eigenvalue weighted by Gasteiger charge is -2.11. The molecule has 3 N–H and O–H groups in total. The fourth-order valence-electron chi connectivity index (χ4n) is 0.933. The molecule has 0 aliphatic carbocycles. The van der Waals surface area contributed by atoms with Gasteiger partial charge in [-0.15, -0.1) is 0 Å². The minimum Gasteiger partial charge on any atom is -0.506 e. The van der Waals surface area contributed by atoms with Crippen LogP contribution in [-0.4, -0.2) is 5.11 Å². The molecule has 0 aliphatic rings. The van der Waals surface area contributed by atoms with Crippen molar-refractivity contribution in [2.75, 3.05) is 0 Å². The third-order valence-corrected chi connectivity index (χ3v) is 1.97. The quantitative estimate of drug-likeness (QED) is 0.697. The van der Waals surface area contributed by atoms with E-state index in [0.29, 0.717) is 10.6 Å². The molecule has 0 amide bonds. The van der Waals surface area contributed by atoms with E-state index >= 15 is 0 Å². The zero-order valence-electron chi connectivity index (χ0n) is 6.62. The summed E-state index contributed by atoms with van der Waals surface area (Å²) in [5.74, 6) is 4.99. The largest absolute Gasteiger partial charge is 0.506 e. The Hall–Kier alpha value is -0.770. The highest BCUT2D eigenvalue weighted by molar-refractivity contribution is 6.32. The van der Waals surface area contributed by atoms with E-state index in [4.69, 9.17) is 17.5 Å². The third kappa shape index (κ3) is 1.69. The first kappa shape index (κ1) is 9.32. The van der Waals surface area contributed by atoms with Gasteiger partial charge in [0.25, 0.3) is 0 Å². The Morgan fingerprint density at radius 1 is 1.58 bits per heavy atom. The van der Waals surface area contributed by atoms with Gasteiger partial charge < -0.3 is 5.11 Å². The lowest BCUT2D eigenvalue weighted by molar-refractivity contribution is 0.0647. The molecule has 4 heteroatoms. The lowest BCUT2D eigenvalue weighted by atomic mass is 10.1. The van der Waals surface area contributed by atoms with Gasteiger partial charge in [-0.1, -0.05) is 23.7 Å². The fraction of sp³-hybridized carbons (Fsp3) is 0.250. The number of phenolic OH excluding ortho intramolecular Hbond substituents is 1. The van der Waals surface area contributed by atoms with E-state index in [1.165, 1.54) is 0 Å². The van der Waals surface area contributed by atoms with E-state index in [2.05, 4.69) is 4.84 Å². The molecule has 0 spiro atoms. The van der Waals surface area contributed by atoms with E-state index < -0.39 is 0 Å². The third-order valence-electron chi connectivity index (χ3n) is 1.66. The summed E-state index contributed by atoms with van der Waals surface area (Å²) in [5, 5.41) is 9.73. The average molecular weight is 188 g/mol. The summed E-state index contributed by atoms with van der Waals surface area (Å²) in [6.07, 6.45) is -0.358. The smallest absolute Gasteiger partial charge is 0.140 e. The van der Waals surface area contributed by atoms with Gasteiger partial charge in [0.05, 0.1) is 5.02 Å². The monoisotopic (exact) mass is 187 g/mol. The number of rotatable bonds is 2. The Labute approximate surface area is 75.7 Å². The molecule has 1 aromatic carbocycles. The van der Waals surface area contributed by atoms with Gasteiger partial charge in [-0.25, -0.2) is 5.90 Å². The fourth-order valence-corrected chi connectivity index (χ4v) is 1.12. The molecule has 0 bridgehead atoms. The summed E-state index contributed by atoms with van der Waals surface area (Å²) in [7, 11) is 0. The highest BCUT2D eigenvalue weighted by Crippen LogP contribution is 2.31. The zero-order chi connectivity index (χ0) is 9.14. The van der Waals surface area contributed by atoms with Crippen LogP contribution in [0.5, 0.6) is 5.75 Å². The van der Waals surface area contributed by atoms with Crippen molar-refractivity contribution in [2.45, 2.75) is 13.0 Å². The molecular weight excluding hydrogens is 178 g/mol. The molecule has 12 heavy (non-hydrogen) atoms. The molecule has 0 saturated carbocycles. The van der Waals surface area contributed by atoms with Crippen LogP contribution in [0, 0.1) is 0 Å². The van der Waals surface area contributed by atoms with E-state index in [9.17, 15) is 5.11 Å². The second kappa shape index (κ2) is 3.76. The van der Waals surface area contributed by atoms with E-state index in [0.717, 1.165) is 0 Å². The van der Waals surface area contributed by atoms with E-state index in [-0.39, 0.29) is 11.9 Å². The van der Waals surface area contributed by atoms with Gasteiger partial charge in [0.1, 0.15) is 11.9 Å². The highest BCUT2D eigenvalue weighted by Gasteiger charge is 2.11. The van der Waals surface area contributed by atoms with Gasteiger partial charge in [0, 0.05) is 5.56 Å². The zero-order valence-corrected chi connectivity index (χ0v) is 7.38. The van der Waals surface area contributed by atoms with Crippen LogP contribution in [-0.2, 0) is 4.84 Å². The number of hydrogen-bond donors (Lipinski definition) is 2. The number of phenols is 1. The van der Waals surface area contributed by atoms with Crippen molar-refractivity contribution >= 4 is 11.6 Å². The molecule has 0 aromatic heterocycles. The van der Waals surface area contributed by atoms with Crippen LogP contribution in [0.2, 0.25) is 5.02 Å². The minimum absolute atomic E-state index is 0.0251. The standard InChI is InChI=1S/C8H10ClNO2/c1-5(12-10)6-3-2-4-7(9)8(6)11/h2-5,11H,10H2,1H3. The van der Waals surface area contributed by atoms with Gasteiger partial charge in [0.2, 0.25) is 0 Å². The molecule has 66 valence electrons. The molecule has 0 saturated heterocycles. The molecule has 1 rings (SSSR count). The summed E-state index contributed by atoms with van der Waals surface area (Å²) in [5.41, 5.74) is 0.588. The van der Waals surface area contributed by atoms with Crippen LogP contribution >= 0.6 is 11.6 Å². The molecule has 1 atom stereocenters. The van der Waals surface area contributed by atoms with Crippen molar-refractivity contribution in [3.05, 3.63) is 28.8 Å². The number of benzene rings is 1. The molecule has 3 nitrogen and oxygen atoms in total. The summed E-state index contributed by atoms with van der Waals surface area (Å²) >= 11 is 5.67.